The molecule has 1 unspecified atom stereocenters. The van der Waals surface area contributed by atoms with E-state index in [0.717, 1.165) is 24.2 Å². The summed E-state index contributed by atoms with van der Waals surface area (Å²) in [7, 11) is 2.03. The molecule has 2 heterocycles. The molecule has 138 valence electrons. The summed E-state index contributed by atoms with van der Waals surface area (Å²) in [5, 5.41) is 11.0. The number of nitrogens with one attached hydrogen (secondary N) is 1. The maximum atomic E-state index is 13.3. The van der Waals surface area contributed by atoms with E-state index >= 15 is 0 Å². The van der Waals surface area contributed by atoms with Crippen LogP contribution >= 0.6 is 0 Å². The first-order valence-electron chi connectivity index (χ1n) is 8.80. The number of carbonyl (C=O) groups is 1. The van der Waals surface area contributed by atoms with Gasteiger partial charge in [-0.3, -0.25) is 9.69 Å². The Labute approximate surface area is 156 Å². The van der Waals surface area contributed by atoms with Crippen molar-refractivity contribution in [2.24, 2.45) is 0 Å². The van der Waals surface area contributed by atoms with Gasteiger partial charge in [-0.05, 0) is 35.9 Å². The van der Waals surface area contributed by atoms with Crippen LogP contribution in [-0.2, 0) is 13.1 Å². The lowest BCUT2D eigenvalue weighted by molar-refractivity contribution is 0.0917. The highest BCUT2D eigenvalue weighted by atomic mass is 19.1. The first kappa shape index (κ1) is 17.4. The van der Waals surface area contributed by atoms with Crippen molar-refractivity contribution >= 4 is 5.91 Å². The third-order valence-corrected chi connectivity index (χ3v) is 4.68. The SMILES string of the molecule is CN1Cc2ccccc2C(NC(=O)c2cn(Cc3cccc(F)c3)nn2)C1. The van der Waals surface area contributed by atoms with Crippen LogP contribution in [0.15, 0.2) is 54.7 Å². The Morgan fingerprint density at radius 1 is 1.26 bits per heavy atom. The highest BCUT2D eigenvalue weighted by Gasteiger charge is 2.25. The summed E-state index contributed by atoms with van der Waals surface area (Å²) in [6.07, 6.45) is 1.58. The van der Waals surface area contributed by atoms with Gasteiger partial charge in [-0.2, -0.15) is 0 Å². The van der Waals surface area contributed by atoms with Crippen LogP contribution < -0.4 is 5.32 Å². The summed E-state index contributed by atoms with van der Waals surface area (Å²) in [4.78, 5) is 14.8. The molecule has 0 radical (unpaired) electrons. The Hall–Kier alpha value is -3.06. The molecule has 0 saturated carbocycles. The third-order valence-electron chi connectivity index (χ3n) is 4.68. The molecule has 0 saturated heterocycles. The molecule has 1 atom stereocenters. The summed E-state index contributed by atoms with van der Waals surface area (Å²) in [6.45, 7) is 1.96. The molecule has 0 bridgehead atoms. The van der Waals surface area contributed by atoms with Crippen LogP contribution in [-0.4, -0.2) is 39.4 Å². The Kier molecular flexibility index (Phi) is 4.68. The highest BCUT2D eigenvalue weighted by molar-refractivity contribution is 5.92. The average molecular weight is 365 g/mol. The van der Waals surface area contributed by atoms with E-state index < -0.39 is 0 Å². The van der Waals surface area contributed by atoms with Gasteiger partial charge in [0.1, 0.15) is 5.82 Å². The lowest BCUT2D eigenvalue weighted by Crippen LogP contribution is -2.40. The number of benzene rings is 2. The van der Waals surface area contributed by atoms with E-state index in [0.29, 0.717) is 6.54 Å². The molecule has 4 rings (SSSR count). The zero-order valence-electron chi connectivity index (χ0n) is 15.0. The van der Waals surface area contributed by atoms with Crippen molar-refractivity contribution in [2.75, 3.05) is 13.6 Å². The van der Waals surface area contributed by atoms with Crippen molar-refractivity contribution in [3.63, 3.8) is 0 Å². The minimum atomic E-state index is -0.300. The van der Waals surface area contributed by atoms with Gasteiger partial charge in [0.2, 0.25) is 0 Å². The largest absolute Gasteiger partial charge is 0.342 e. The molecule has 0 spiro atoms. The third kappa shape index (κ3) is 3.88. The minimum absolute atomic E-state index is 0.0965. The quantitative estimate of drug-likeness (QED) is 0.771. The van der Waals surface area contributed by atoms with E-state index in [1.165, 1.54) is 22.4 Å². The van der Waals surface area contributed by atoms with E-state index in [1.807, 2.05) is 25.2 Å². The van der Waals surface area contributed by atoms with Gasteiger partial charge in [0.05, 0.1) is 18.8 Å². The van der Waals surface area contributed by atoms with Crippen LogP contribution in [0.4, 0.5) is 4.39 Å². The van der Waals surface area contributed by atoms with Crippen LogP contribution in [0.2, 0.25) is 0 Å². The topological polar surface area (TPSA) is 63.1 Å². The van der Waals surface area contributed by atoms with Crippen LogP contribution in [0.5, 0.6) is 0 Å². The zero-order valence-corrected chi connectivity index (χ0v) is 15.0. The summed E-state index contributed by atoms with van der Waals surface area (Å²) >= 11 is 0. The number of fused-ring (bicyclic) bond motifs is 1. The molecule has 1 aromatic heterocycles. The van der Waals surface area contributed by atoms with Crippen molar-refractivity contribution in [3.8, 4) is 0 Å². The molecule has 7 heteroatoms. The molecule has 27 heavy (non-hydrogen) atoms. The molecule has 2 aromatic carbocycles. The Bertz CT molecular complexity index is 970. The Morgan fingerprint density at radius 2 is 2.11 bits per heavy atom. The summed E-state index contributed by atoms with van der Waals surface area (Å²) in [5.74, 6) is -0.568. The summed E-state index contributed by atoms with van der Waals surface area (Å²) in [5.41, 5.74) is 3.36. The van der Waals surface area contributed by atoms with Crippen LogP contribution in [0.1, 0.15) is 33.2 Å². The van der Waals surface area contributed by atoms with E-state index in [4.69, 9.17) is 0 Å². The van der Waals surface area contributed by atoms with Crippen LogP contribution in [0.25, 0.3) is 0 Å². The lowest BCUT2D eigenvalue weighted by atomic mass is 9.95. The van der Waals surface area contributed by atoms with Crippen LogP contribution in [0.3, 0.4) is 0 Å². The number of nitrogens with zero attached hydrogens (tertiary/aromatic N) is 4. The van der Waals surface area contributed by atoms with Gasteiger partial charge < -0.3 is 5.32 Å². The fourth-order valence-corrected chi connectivity index (χ4v) is 3.44. The van der Waals surface area contributed by atoms with Crippen molar-refractivity contribution in [2.45, 2.75) is 19.1 Å². The fourth-order valence-electron chi connectivity index (χ4n) is 3.44. The zero-order chi connectivity index (χ0) is 18.8. The molecule has 1 N–H and O–H groups in total. The van der Waals surface area contributed by atoms with Crippen molar-refractivity contribution in [1.82, 2.24) is 25.2 Å². The smallest absolute Gasteiger partial charge is 0.273 e. The number of carbonyl (C=O) groups excluding carboxylic acids is 1. The number of likely N-dealkylation sites (N-methyl/N-ethyl adjacent to an activating group) is 1. The van der Waals surface area contributed by atoms with Gasteiger partial charge in [-0.25, -0.2) is 9.07 Å². The van der Waals surface area contributed by atoms with E-state index in [2.05, 4.69) is 26.6 Å². The predicted octanol–water partition coefficient (Wildman–Crippen LogP) is 2.38. The first-order valence-corrected chi connectivity index (χ1v) is 8.80. The van der Waals surface area contributed by atoms with Crippen LogP contribution in [0, 0.1) is 5.82 Å². The molecule has 1 aliphatic rings. The summed E-state index contributed by atoms with van der Waals surface area (Å²) in [6, 6.07) is 14.3. The molecular formula is C20H20FN5O. The van der Waals surface area contributed by atoms with E-state index in [1.54, 1.807) is 18.3 Å². The van der Waals surface area contributed by atoms with Gasteiger partial charge in [-0.15, -0.1) is 5.10 Å². The second-order valence-electron chi connectivity index (χ2n) is 6.85. The molecule has 6 nitrogen and oxygen atoms in total. The number of hydrogen-bond acceptors (Lipinski definition) is 4. The van der Waals surface area contributed by atoms with Gasteiger partial charge in [-0.1, -0.05) is 41.6 Å². The van der Waals surface area contributed by atoms with E-state index in [9.17, 15) is 9.18 Å². The minimum Gasteiger partial charge on any atom is -0.342 e. The number of amides is 1. The van der Waals surface area contributed by atoms with Gasteiger partial charge in [0.25, 0.3) is 5.91 Å². The second-order valence-corrected chi connectivity index (χ2v) is 6.85. The van der Waals surface area contributed by atoms with Gasteiger partial charge >= 0.3 is 0 Å². The average Bonchev–Trinajstić information content (AvgIpc) is 3.10. The van der Waals surface area contributed by atoms with Crippen molar-refractivity contribution < 1.29 is 9.18 Å². The van der Waals surface area contributed by atoms with Crippen molar-refractivity contribution in [1.29, 1.82) is 0 Å². The highest BCUT2D eigenvalue weighted by Crippen LogP contribution is 2.25. The molecule has 3 aromatic rings. The maximum Gasteiger partial charge on any atom is 0.273 e. The predicted molar refractivity (Wildman–Crippen MR) is 98.5 cm³/mol. The molecular weight excluding hydrogens is 345 g/mol. The lowest BCUT2D eigenvalue weighted by Gasteiger charge is -2.32. The number of halogens is 1. The second kappa shape index (κ2) is 7.28. The Balaban J connectivity index is 1.47. The summed E-state index contributed by atoms with van der Waals surface area (Å²) < 4.78 is 14.8. The van der Waals surface area contributed by atoms with Gasteiger partial charge in [0, 0.05) is 13.1 Å². The number of rotatable bonds is 4. The monoisotopic (exact) mass is 365 g/mol. The maximum absolute atomic E-state index is 13.3. The molecule has 0 aliphatic carbocycles. The normalized spacial score (nSPS) is 16.7. The number of hydrogen-bond donors (Lipinski definition) is 1. The fraction of sp³-hybridized carbons (Fsp3) is 0.250. The van der Waals surface area contributed by atoms with Gasteiger partial charge in [0.15, 0.2) is 5.69 Å². The van der Waals surface area contributed by atoms with E-state index in [-0.39, 0.29) is 23.5 Å². The Morgan fingerprint density at radius 3 is 2.96 bits per heavy atom. The standard InChI is InChI=1S/C20H20FN5O/c1-25-11-15-6-2-3-8-17(15)18(12-25)22-20(27)19-13-26(24-23-19)10-14-5-4-7-16(21)9-14/h2-9,13,18H,10-12H2,1H3,(H,22,27). The first-order chi connectivity index (χ1) is 13.1. The molecule has 0 fully saturated rings. The molecule has 1 aliphatic heterocycles. The number of aromatic nitrogens is 3. The van der Waals surface area contributed by atoms with Crippen molar-refractivity contribution in [3.05, 3.63) is 82.9 Å². The molecule has 1 amide bonds.